The number of hydrogen-bond donors (Lipinski definition) is 17. The minimum Gasteiger partial charge on any atom is -0.480 e. The van der Waals surface area contributed by atoms with Crippen molar-refractivity contribution in [3.63, 3.8) is 0 Å². The van der Waals surface area contributed by atoms with Crippen LogP contribution in [0.2, 0.25) is 0 Å². The fraction of sp³-hybridized carbons (Fsp3) is 0.706. The fourth-order valence-electron chi connectivity index (χ4n) is 20.8. The molecule has 5 saturated heterocycles. The standard InChI is InChI=1S/C85H131N13O25/c1-8-10-11-12-27-123-52(7)82-50(5)64-31-63-49(4)60(84(90-63)61-30-68(99)83-51(6)65(91-85(61)83)32-66-59(9-2)48(3)62(88-66)33-67(82)89-64)21-22-71(102)98(36-69(100)86-55-17-13-53(14-18-55)28-57(96(44-78(115)116)45-79(117)118)34-92(38-72(103)104)23-25-94(40-74(107)108)41-75(109)110)37-70(101)87-56-19-15-54(16-20-56)29-58(97(46-80(119)120)47-81(121)122)35-93(39-73(105)106)24-26-95(42-76(111)112)43-77(113)114/h13-20,48-52,57-68,82-85,88-91,99H,8-12,21-47H2,1-7H3,(H,86,100)(H,87,101)(H,103,104)(H,105,106)(H,107,108)(H,109,110)(H,111,112)(H,113,114)(H,115,116)(H,117,118)(H,119,120)(H,121,122). The minimum atomic E-state index is -1.41. The number of nitrogens with one attached hydrogen (secondary N) is 6. The average molecular weight is 1740 g/mol. The van der Waals surface area contributed by atoms with E-state index >= 15 is 4.79 Å². The first-order chi connectivity index (χ1) is 58.3. The zero-order valence-electron chi connectivity index (χ0n) is 71.6. The topological polar surface area (TPSA) is 549 Å². The van der Waals surface area contributed by atoms with Gasteiger partial charge in [0.2, 0.25) is 17.7 Å². The molecule has 3 amide bonds. The van der Waals surface area contributed by atoms with E-state index in [1.807, 2.05) is 0 Å². The van der Waals surface area contributed by atoms with Gasteiger partial charge in [0.15, 0.2) is 0 Å². The molecule has 21 unspecified atom stereocenters. The molecule has 38 heteroatoms. The minimum absolute atomic E-state index is 0.00770. The van der Waals surface area contributed by atoms with E-state index in [4.69, 9.17) is 4.74 Å². The molecule has 8 bridgehead atoms. The summed E-state index contributed by atoms with van der Waals surface area (Å²) in [5.74, 6) is -14.5. The Bertz CT molecular complexity index is 3680. The summed E-state index contributed by atoms with van der Waals surface area (Å²) in [6.07, 6.45) is 7.95. The molecular formula is C85H131N13O25. The number of carbonyl (C=O) groups excluding carboxylic acids is 3. The van der Waals surface area contributed by atoms with Crippen molar-refractivity contribution in [2.75, 3.05) is 135 Å². The van der Waals surface area contributed by atoms with Gasteiger partial charge in [0.05, 0.1) is 77.7 Å². The van der Waals surface area contributed by atoms with Gasteiger partial charge < -0.3 is 97.7 Å². The van der Waals surface area contributed by atoms with Gasteiger partial charge in [-0.25, -0.2) is 0 Å². The molecule has 21 atom stereocenters. The van der Waals surface area contributed by atoms with Crippen LogP contribution in [-0.4, -0.2) is 365 Å². The number of ether oxygens (including phenoxy) is 1. The van der Waals surface area contributed by atoms with Crippen LogP contribution in [0.4, 0.5) is 11.4 Å². The quantitative estimate of drug-likeness (QED) is 0.0419. The van der Waals surface area contributed by atoms with E-state index in [1.54, 1.807) is 24.3 Å². The average Bonchev–Trinajstić information content (AvgIpc) is 1.58. The molecule has 1 saturated carbocycles. The molecule has 5 aliphatic heterocycles. The Morgan fingerprint density at radius 3 is 1.25 bits per heavy atom. The second-order valence-corrected chi connectivity index (χ2v) is 35.1. The predicted octanol–water partition coefficient (Wildman–Crippen LogP) is 1.68. The highest BCUT2D eigenvalue weighted by Gasteiger charge is 2.59. The number of rotatable bonds is 53. The van der Waals surface area contributed by atoms with Gasteiger partial charge in [0.25, 0.3) is 0 Å². The van der Waals surface area contributed by atoms with Crippen molar-refractivity contribution < 1.29 is 123 Å². The largest absolute Gasteiger partial charge is 0.480 e. The zero-order valence-corrected chi connectivity index (χ0v) is 71.6. The van der Waals surface area contributed by atoms with Crippen molar-refractivity contribution in [1.29, 1.82) is 0 Å². The number of fused-ring (bicyclic) bond motifs is 8. The number of benzene rings is 2. The molecule has 2 aromatic rings. The number of unbranched alkanes of at least 4 members (excludes halogenated alkanes) is 3. The third-order valence-electron chi connectivity index (χ3n) is 26.5. The van der Waals surface area contributed by atoms with Gasteiger partial charge in [0.1, 0.15) is 13.1 Å². The van der Waals surface area contributed by atoms with Crippen LogP contribution >= 0.6 is 0 Å². The molecule has 123 heavy (non-hydrogen) atoms. The Hall–Kier alpha value is -8.93. The maximum Gasteiger partial charge on any atom is 0.317 e. The van der Waals surface area contributed by atoms with Gasteiger partial charge >= 0.3 is 59.7 Å². The first kappa shape index (κ1) is 99.5. The molecule has 686 valence electrons. The molecule has 1 aliphatic carbocycles. The van der Waals surface area contributed by atoms with Crippen molar-refractivity contribution in [2.24, 2.45) is 53.3 Å². The van der Waals surface area contributed by atoms with Crippen LogP contribution in [-0.2, 0) is 79.9 Å². The summed E-state index contributed by atoms with van der Waals surface area (Å²) in [6.45, 7) is 6.32. The van der Waals surface area contributed by atoms with E-state index in [0.29, 0.717) is 42.4 Å². The van der Waals surface area contributed by atoms with Crippen LogP contribution in [0.15, 0.2) is 48.5 Å². The second-order valence-electron chi connectivity index (χ2n) is 35.1. The number of carboxylic acids is 10. The molecule has 17 N–H and O–H groups in total. The smallest absolute Gasteiger partial charge is 0.317 e. The zero-order chi connectivity index (χ0) is 90.2. The molecule has 5 heterocycles. The normalized spacial score (nSPS) is 26.7. The van der Waals surface area contributed by atoms with Gasteiger partial charge in [-0.15, -0.1) is 0 Å². The van der Waals surface area contributed by atoms with Gasteiger partial charge in [-0.1, -0.05) is 91.5 Å². The maximum atomic E-state index is 15.4. The summed E-state index contributed by atoms with van der Waals surface area (Å²) in [5.41, 5.74) is 1.27. The number of amides is 3. The van der Waals surface area contributed by atoms with Crippen molar-refractivity contribution in [1.82, 2.24) is 55.6 Å². The van der Waals surface area contributed by atoms with Crippen molar-refractivity contribution in [3.05, 3.63) is 59.7 Å². The van der Waals surface area contributed by atoms with E-state index in [0.717, 1.165) is 75.9 Å². The number of carboxylic acid groups (broad SMARTS) is 10. The van der Waals surface area contributed by atoms with Crippen LogP contribution in [0.3, 0.4) is 0 Å². The number of nitrogens with zero attached hydrogens (tertiary/aromatic N) is 7. The third-order valence-corrected chi connectivity index (χ3v) is 26.5. The van der Waals surface area contributed by atoms with Crippen molar-refractivity contribution >= 4 is 88.8 Å². The lowest BCUT2D eigenvalue weighted by Crippen LogP contribution is -2.51. The summed E-state index contributed by atoms with van der Waals surface area (Å²) >= 11 is 0. The highest BCUT2D eigenvalue weighted by molar-refractivity contribution is 5.98. The second kappa shape index (κ2) is 47.4. The number of hydrogen-bond acceptors (Lipinski definition) is 25. The highest BCUT2D eigenvalue weighted by Crippen LogP contribution is 2.51. The summed E-state index contributed by atoms with van der Waals surface area (Å²) in [5, 5.41) is 132. The van der Waals surface area contributed by atoms with Gasteiger partial charge in [-0.3, -0.25) is 91.7 Å². The number of aliphatic hydroxyl groups excluding tert-OH is 1. The molecular weight excluding hydrogens is 1600 g/mol. The van der Waals surface area contributed by atoms with Gasteiger partial charge in [-0.2, -0.15) is 0 Å². The van der Waals surface area contributed by atoms with Crippen molar-refractivity contribution in [2.45, 2.75) is 205 Å². The Kier molecular flexibility index (Phi) is 38.4. The van der Waals surface area contributed by atoms with Crippen LogP contribution in [0.25, 0.3) is 0 Å². The molecule has 6 aliphatic rings. The highest BCUT2D eigenvalue weighted by atomic mass is 16.5. The van der Waals surface area contributed by atoms with Crippen molar-refractivity contribution in [3.8, 4) is 0 Å². The van der Waals surface area contributed by atoms with E-state index in [1.165, 1.54) is 34.1 Å². The molecule has 0 spiro atoms. The lowest BCUT2D eigenvalue weighted by Gasteiger charge is -2.34. The monoisotopic (exact) mass is 1730 g/mol. The van der Waals surface area contributed by atoms with Crippen LogP contribution in [0.5, 0.6) is 0 Å². The fourth-order valence-corrected chi connectivity index (χ4v) is 20.8. The maximum absolute atomic E-state index is 15.4. The molecule has 38 nitrogen and oxygen atoms in total. The number of anilines is 2. The number of aliphatic hydroxyl groups is 1. The first-order valence-corrected chi connectivity index (χ1v) is 43.2. The van der Waals surface area contributed by atoms with Gasteiger partial charge in [0, 0.05) is 136 Å². The molecule has 6 fully saturated rings. The number of carbonyl (C=O) groups is 13. The molecule has 0 aromatic heterocycles. The summed E-state index contributed by atoms with van der Waals surface area (Å²) in [7, 11) is 0. The Labute approximate surface area is 717 Å². The lowest BCUT2D eigenvalue weighted by atomic mass is 9.76. The summed E-state index contributed by atoms with van der Waals surface area (Å²) < 4.78 is 6.77. The van der Waals surface area contributed by atoms with E-state index in [2.05, 4.69) is 80.4 Å². The van der Waals surface area contributed by atoms with E-state index < -0.39 is 174 Å². The lowest BCUT2D eigenvalue weighted by molar-refractivity contribution is -0.145. The molecule has 0 radical (unpaired) electrons. The number of aliphatic carboxylic acids is 10. The molecule has 2 aromatic carbocycles. The molecule has 8 rings (SSSR count). The van der Waals surface area contributed by atoms with Crippen LogP contribution in [0, 0.1) is 53.3 Å². The van der Waals surface area contributed by atoms with Crippen LogP contribution < -0.4 is 31.9 Å². The first-order valence-electron chi connectivity index (χ1n) is 43.2. The Morgan fingerprint density at radius 1 is 0.431 bits per heavy atom. The summed E-state index contributed by atoms with van der Waals surface area (Å²) in [4.78, 5) is 173. The van der Waals surface area contributed by atoms with Gasteiger partial charge in [-0.05, 0) is 135 Å². The van der Waals surface area contributed by atoms with Crippen LogP contribution in [0.1, 0.15) is 130 Å². The van der Waals surface area contributed by atoms with E-state index in [-0.39, 0.29) is 166 Å². The third kappa shape index (κ3) is 30.2. The Morgan fingerprint density at radius 2 is 0.813 bits per heavy atom. The van der Waals surface area contributed by atoms with E-state index in [9.17, 15) is 114 Å². The SMILES string of the molecule is CCCCCCOC(C)C1C2CC3NC(CC4NC5C(CC(O)C5C4C)C4NC(CC(N2)C1C)C(C)C4CCC(=O)N(CC(=O)Nc1ccc(CC(CN(CCN(CC(=O)O)CC(=O)O)CC(=O)O)N(CC(=O)O)CC(=O)O)cc1)CC(=O)Nc1ccc(CC(CN(CCN(CC(=O)O)CC(=O)O)CC(=O)O)N(CC(=O)O)CC(=O)O)cc1)C(CC)C3C. The Balaban J connectivity index is 1.08. The predicted molar refractivity (Wildman–Crippen MR) is 447 cm³/mol. The summed E-state index contributed by atoms with van der Waals surface area (Å²) in [6, 6.07) is 10.8.